The summed E-state index contributed by atoms with van der Waals surface area (Å²) < 4.78 is 2.64. The fourth-order valence-corrected chi connectivity index (χ4v) is 1.81. The Bertz CT molecular complexity index is 660. The third-order valence-corrected chi connectivity index (χ3v) is 2.80. The van der Waals surface area contributed by atoms with E-state index in [2.05, 4.69) is 0 Å². The van der Waals surface area contributed by atoms with Crippen molar-refractivity contribution in [1.29, 1.82) is 0 Å². The third kappa shape index (κ3) is 4.14. The first-order chi connectivity index (χ1) is 8.99. The van der Waals surface area contributed by atoms with Crippen LogP contribution in [-0.4, -0.2) is 12.1 Å². The molecular formula is C13H14Cl2N4O2. The van der Waals surface area contributed by atoms with Crippen LogP contribution in [0.25, 0.3) is 11.1 Å². The van der Waals surface area contributed by atoms with Crippen LogP contribution in [0.4, 0.5) is 9.59 Å². The van der Waals surface area contributed by atoms with E-state index in [1.807, 2.05) is 6.07 Å². The molecule has 0 aliphatic carbocycles. The molecule has 0 spiro atoms. The molecule has 2 amide bonds. The molecule has 0 aliphatic heterocycles. The van der Waals surface area contributed by atoms with E-state index in [0.717, 1.165) is 16.8 Å². The molecule has 0 radical (unpaired) electrons. The number of rotatable bonds is 1. The molecular weight excluding hydrogens is 315 g/mol. The zero-order valence-electron chi connectivity index (χ0n) is 11.2. The summed E-state index contributed by atoms with van der Waals surface area (Å²) in [6.45, 7) is 1.79. The van der Waals surface area contributed by atoms with Crippen molar-refractivity contribution >= 4 is 12.1 Å². The maximum Gasteiger partial charge on any atom is 0.493 e. The molecule has 21 heavy (non-hydrogen) atoms. The number of aromatic nitrogens is 2. The number of primary amides is 2. The van der Waals surface area contributed by atoms with Gasteiger partial charge in [-0.15, -0.1) is 0 Å². The Morgan fingerprint density at radius 3 is 1.86 bits per heavy atom. The van der Waals surface area contributed by atoms with Crippen LogP contribution >= 0.6 is 0 Å². The maximum absolute atomic E-state index is 11.1. The second-order valence-corrected chi connectivity index (χ2v) is 4.10. The molecule has 8 heteroatoms. The topological polar surface area (TPSA) is 93.9 Å². The highest BCUT2D eigenvalue weighted by Gasteiger charge is 2.11. The molecule has 6 nitrogen and oxygen atoms in total. The quantitative estimate of drug-likeness (QED) is 0.510. The maximum atomic E-state index is 11.1. The average Bonchev–Trinajstić information content (AvgIpc) is 2.38. The van der Waals surface area contributed by atoms with Gasteiger partial charge in [-0.1, -0.05) is 0 Å². The Balaban J connectivity index is 0.00000200. The minimum Gasteiger partial charge on any atom is -1.00 e. The van der Waals surface area contributed by atoms with Crippen LogP contribution in [0, 0.1) is 6.92 Å². The van der Waals surface area contributed by atoms with Crippen LogP contribution in [0.3, 0.4) is 0 Å². The van der Waals surface area contributed by atoms with Gasteiger partial charge in [-0.3, -0.25) is 11.5 Å². The van der Waals surface area contributed by atoms with E-state index in [0.29, 0.717) is 0 Å². The van der Waals surface area contributed by atoms with Gasteiger partial charge in [0.15, 0.2) is 0 Å². The molecule has 4 N–H and O–H groups in total. The standard InChI is InChI=1S/C13H12N4O2.2ClH/c1-9-8-11(4-7-17(9)13(15)19)10-2-5-16(6-3-10)12(14)18;;/h2-8H,1H3,(H2-2,14,15,18,19);2*1H. The number of pyridine rings is 2. The van der Waals surface area contributed by atoms with E-state index >= 15 is 0 Å². The molecule has 2 heterocycles. The first kappa shape index (κ1) is 18.8. The first-order valence-corrected chi connectivity index (χ1v) is 5.62. The molecule has 2 aromatic heterocycles. The van der Waals surface area contributed by atoms with Crippen LogP contribution in [0.2, 0.25) is 0 Å². The first-order valence-electron chi connectivity index (χ1n) is 5.62. The second-order valence-electron chi connectivity index (χ2n) is 4.10. The van der Waals surface area contributed by atoms with E-state index in [4.69, 9.17) is 11.5 Å². The lowest BCUT2D eigenvalue weighted by Gasteiger charge is -2.04. The number of hydrogen-bond acceptors (Lipinski definition) is 2. The number of nitrogens with zero attached hydrogens (tertiary/aromatic N) is 2. The van der Waals surface area contributed by atoms with E-state index in [-0.39, 0.29) is 24.8 Å². The van der Waals surface area contributed by atoms with Crippen molar-refractivity contribution < 1.29 is 43.5 Å². The number of aryl methyl sites for hydroxylation is 1. The molecule has 112 valence electrons. The number of nitrogens with two attached hydrogens (primary N) is 2. The largest absolute Gasteiger partial charge is 1.00 e. The van der Waals surface area contributed by atoms with Crippen molar-refractivity contribution in [2.45, 2.75) is 6.92 Å². The minimum absolute atomic E-state index is 0. The van der Waals surface area contributed by atoms with Crippen LogP contribution in [0.15, 0.2) is 42.9 Å². The monoisotopic (exact) mass is 328 g/mol. The lowest BCUT2D eigenvalue weighted by atomic mass is 10.1. The molecule has 0 aliphatic rings. The highest BCUT2D eigenvalue weighted by Crippen LogP contribution is 2.16. The summed E-state index contributed by atoms with van der Waals surface area (Å²) in [6, 6.07) is 6.10. The van der Waals surface area contributed by atoms with E-state index in [1.54, 1.807) is 43.7 Å². The molecule has 0 atom stereocenters. The van der Waals surface area contributed by atoms with Crippen LogP contribution in [-0.2, 0) is 0 Å². The van der Waals surface area contributed by atoms with Gasteiger partial charge in [0, 0.05) is 0 Å². The lowest BCUT2D eigenvalue weighted by molar-refractivity contribution is -0.576. The number of carbonyl (C=O) groups excluding carboxylic acids is 2. The Kier molecular flexibility index (Phi) is 6.78. The zero-order valence-corrected chi connectivity index (χ0v) is 12.7. The summed E-state index contributed by atoms with van der Waals surface area (Å²) in [5.41, 5.74) is 12.9. The van der Waals surface area contributed by atoms with Crippen LogP contribution in [0.5, 0.6) is 0 Å². The Hall–Kier alpha value is -2.18. The molecule has 0 aromatic carbocycles. The van der Waals surface area contributed by atoms with E-state index in [1.165, 1.54) is 9.13 Å². The SMILES string of the molecule is Cc1cc(-c2cc[n+](C(N)=O)cc2)cc[n+]1C(N)=O.[Cl-].[Cl-]. The van der Waals surface area contributed by atoms with Crippen molar-refractivity contribution in [2.24, 2.45) is 11.5 Å². The summed E-state index contributed by atoms with van der Waals surface area (Å²) in [4.78, 5) is 22.1. The summed E-state index contributed by atoms with van der Waals surface area (Å²) >= 11 is 0. The number of halogens is 2. The molecule has 0 fully saturated rings. The summed E-state index contributed by atoms with van der Waals surface area (Å²) in [5.74, 6) is 0. The van der Waals surface area contributed by atoms with Gasteiger partial charge in [0.1, 0.15) is 11.9 Å². The van der Waals surface area contributed by atoms with Gasteiger partial charge < -0.3 is 24.8 Å². The van der Waals surface area contributed by atoms with Gasteiger partial charge in [-0.25, -0.2) is 0 Å². The van der Waals surface area contributed by atoms with Gasteiger partial charge in [0.2, 0.25) is 0 Å². The Morgan fingerprint density at radius 1 is 0.905 bits per heavy atom. The predicted octanol–water partition coefficient (Wildman–Crippen LogP) is -5.90. The summed E-state index contributed by atoms with van der Waals surface area (Å²) in [7, 11) is 0. The number of amides is 2. The number of hydrogen-bond donors (Lipinski definition) is 2. The van der Waals surface area contributed by atoms with Gasteiger partial charge in [-0.2, -0.15) is 18.7 Å². The molecule has 0 unspecified atom stereocenters. The normalized spacial score (nSPS) is 9.19. The summed E-state index contributed by atoms with van der Waals surface area (Å²) in [6.07, 6.45) is 4.78. The van der Waals surface area contributed by atoms with E-state index in [9.17, 15) is 9.59 Å². The fourth-order valence-electron chi connectivity index (χ4n) is 1.81. The predicted molar refractivity (Wildman–Crippen MR) is 67.0 cm³/mol. The lowest BCUT2D eigenvalue weighted by Crippen LogP contribution is -3.00. The van der Waals surface area contributed by atoms with Crippen molar-refractivity contribution in [1.82, 2.24) is 0 Å². The molecule has 0 bridgehead atoms. The zero-order chi connectivity index (χ0) is 14.0. The van der Waals surface area contributed by atoms with Gasteiger partial charge in [0.25, 0.3) is 0 Å². The Morgan fingerprint density at radius 2 is 1.43 bits per heavy atom. The van der Waals surface area contributed by atoms with Crippen LogP contribution in [0.1, 0.15) is 5.69 Å². The second kappa shape index (κ2) is 7.56. The fraction of sp³-hybridized carbons (Fsp3) is 0.0769. The number of carbonyl (C=O) groups is 2. The smallest absolute Gasteiger partial charge is 0.493 e. The molecule has 0 saturated carbocycles. The molecule has 0 saturated heterocycles. The minimum atomic E-state index is -0.539. The van der Waals surface area contributed by atoms with Crippen molar-refractivity contribution in [3.63, 3.8) is 0 Å². The van der Waals surface area contributed by atoms with Crippen molar-refractivity contribution in [3.05, 3.63) is 48.5 Å². The Labute approximate surface area is 134 Å². The van der Waals surface area contributed by atoms with E-state index < -0.39 is 12.1 Å². The van der Waals surface area contributed by atoms with Crippen molar-refractivity contribution in [3.8, 4) is 11.1 Å². The molecule has 2 aromatic rings. The molecule has 2 rings (SSSR count). The van der Waals surface area contributed by atoms with Gasteiger partial charge in [0.05, 0.1) is 12.4 Å². The third-order valence-electron chi connectivity index (χ3n) is 2.80. The summed E-state index contributed by atoms with van der Waals surface area (Å²) in [5, 5.41) is 0. The highest BCUT2D eigenvalue weighted by atomic mass is 35.5. The van der Waals surface area contributed by atoms with Crippen molar-refractivity contribution in [2.75, 3.05) is 0 Å². The average molecular weight is 329 g/mol. The highest BCUT2D eigenvalue weighted by molar-refractivity contribution is 5.66. The van der Waals surface area contributed by atoms with Crippen LogP contribution < -0.4 is 45.4 Å². The van der Waals surface area contributed by atoms with Gasteiger partial charge >= 0.3 is 12.1 Å². The van der Waals surface area contributed by atoms with Gasteiger partial charge in [-0.05, 0) is 42.3 Å².